The molecule has 0 aliphatic carbocycles. The summed E-state index contributed by atoms with van der Waals surface area (Å²) in [6, 6.07) is 3.63. The molecule has 1 atom stereocenters. The Labute approximate surface area is 99.1 Å². The number of hydrazine groups is 1. The Bertz CT molecular complexity index is 472. The van der Waals surface area contributed by atoms with Gasteiger partial charge in [-0.1, -0.05) is 6.07 Å². The van der Waals surface area contributed by atoms with Gasteiger partial charge in [-0.25, -0.2) is 4.98 Å². The van der Waals surface area contributed by atoms with Crippen molar-refractivity contribution in [2.45, 2.75) is 12.5 Å². The lowest BCUT2D eigenvalue weighted by atomic mass is 10.0. The fourth-order valence-corrected chi connectivity index (χ4v) is 1.58. The topological polar surface area (TPSA) is 103 Å². The van der Waals surface area contributed by atoms with Gasteiger partial charge in [0.1, 0.15) is 5.82 Å². The lowest BCUT2D eigenvalue weighted by Gasteiger charge is -2.15. The van der Waals surface area contributed by atoms with Gasteiger partial charge in [-0.05, 0) is 18.1 Å². The number of nitrogen functional groups attached to an aromatic ring is 1. The molecule has 1 unspecified atom stereocenters. The van der Waals surface area contributed by atoms with E-state index < -0.39 is 0 Å². The molecule has 17 heavy (non-hydrogen) atoms. The molecule has 2 heterocycles. The standard InChI is InChI=1S/C11H14N6/c12-11-8(2-1-3-16-11)6-9(17-13)10-7-14-4-5-15-10/h1-5,7,9,17H,6,13H2,(H2,12,16). The average Bonchev–Trinajstić information content (AvgIpc) is 2.39. The third kappa shape index (κ3) is 2.74. The molecule has 0 saturated carbocycles. The van der Waals surface area contributed by atoms with Gasteiger partial charge in [-0.3, -0.25) is 21.2 Å². The van der Waals surface area contributed by atoms with E-state index in [1.165, 1.54) is 0 Å². The van der Waals surface area contributed by atoms with Gasteiger partial charge in [0.25, 0.3) is 0 Å². The minimum Gasteiger partial charge on any atom is -0.383 e. The molecule has 0 aromatic carbocycles. The smallest absolute Gasteiger partial charge is 0.126 e. The third-order valence-electron chi connectivity index (χ3n) is 2.49. The maximum absolute atomic E-state index is 5.79. The van der Waals surface area contributed by atoms with Gasteiger partial charge in [0.05, 0.1) is 17.9 Å². The van der Waals surface area contributed by atoms with E-state index in [-0.39, 0.29) is 6.04 Å². The van der Waals surface area contributed by atoms with E-state index in [0.29, 0.717) is 12.2 Å². The van der Waals surface area contributed by atoms with Crippen LogP contribution in [0.2, 0.25) is 0 Å². The number of nitrogens with two attached hydrogens (primary N) is 2. The first-order valence-electron chi connectivity index (χ1n) is 5.22. The van der Waals surface area contributed by atoms with E-state index >= 15 is 0 Å². The van der Waals surface area contributed by atoms with Gasteiger partial charge in [0.15, 0.2) is 0 Å². The van der Waals surface area contributed by atoms with Crippen LogP contribution in [0.4, 0.5) is 5.82 Å². The minimum absolute atomic E-state index is 0.129. The summed E-state index contributed by atoms with van der Waals surface area (Å²) in [5.74, 6) is 6.03. The maximum Gasteiger partial charge on any atom is 0.126 e. The van der Waals surface area contributed by atoms with Crippen molar-refractivity contribution in [2.75, 3.05) is 5.73 Å². The Hall–Kier alpha value is -2.05. The molecule has 0 fully saturated rings. The van der Waals surface area contributed by atoms with Crippen molar-refractivity contribution in [2.24, 2.45) is 5.84 Å². The Morgan fingerprint density at radius 1 is 1.24 bits per heavy atom. The highest BCUT2D eigenvalue weighted by atomic mass is 15.2. The minimum atomic E-state index is -0.129. The van der Waals surface area contributed by atoms with Crippen LogP contribution in [0.15, 0.2) is 36.9 Å². The summed E-state index contributed by atoms with van der Waals surface area (Å²) in [6.07, 6.45) is 7.21. The molecule has 0 aliphatic rings. The molecule has 0 spiro atoms. The molecule has 88 valence electrons. The molecule has 2 aromatic rings. The van der Waals surface area contributed by atoms with Gasteiger partial charge in [-0.15, -0.1) is 0 Å². The summed E-state index contributed by atoms with van der Waals surface area (Å²) in [4.78, 5) is 12.3. The van der Waals surface area contributed by atoms with E-state index in [1.807, 2.05) is 12.1 Å². The second-order valence-electron chi connectivity index (χ2n) is 3.60. The SMILES string of the molecule is NNC(Cc1cccnc1N)c1cnccn1. The first-order chi connectivity index (χ1) is 8.31. The van der Waals surface area contributed by atoms with Crippen molar-refractivity contribution in [1.82, 2.24) is 20.4 Å². The zero-order chi connectivity index (χ0) is 12.1. The molecule has 2 aromatic heterocycles. The second-order valence-corrected chi connectivity index (χ2v) is 3.60. The summed E-state index contributed by atoms with van der Waals surface area (Å²) >= 11 is 0. The molecule has 0 saturated heterocycles. The number of aromatic nitrogens is 3. The zero-order valence-electron chi connectivity index (χ0n) is 9.24. The van der Waals surface area contributed by atoms with Crippen LogP contribution in [0.1, 0.15) is 17.3 Å². The summed E-state index contributed by atoms with van der Waals surface area (Å²) < 4.78 is 0. The van der Waals surface area contributed by atoms with Crippen LogP contribution < -0.4 is 17.0 Å². The fraction of sp³-hybridized carbons (Fsp3) is 0.182. The first kappa shape index (κ1) is 11.4. The van der Waals surface area contributed by atoms with Gasteiger partial charge in [0.2, 0.25) is 0 Å². The van der Waals surface area contributed by atoms with Crippen molar-refractivity contribution in [1.29, 1.82) is 0 Å². The van der Waals surface area contributed by atoms with Gasteiger partial charge in [-0.2, -0.15) is 0 Å². The Morgan fingerprint density at radius 3 is 2.76 bits per heavy atom. The number of nitrogens with one attached hydrogen (secondary N) is 1. The number of pyridine rings is 1. The predicted octanol–water partition coefficient (Wildman–Crippen LogP) is 0.201. The predicted molar refractivity (Wildman–Crippen MR) is 64.4 cm³/mol. The highest BCUT2D eigenvalue weighted by molar-refractivity contribution is 5.39. The van der Waals surface area contributed by atoms with E-state index in [9.17, 15) is 0 Å². The van der Waals surface area contributed by atoms with Crippen LogP contribution in [-0.2, 0) is 6.42 Å². The molecule has 0 bridgehead atoms. The monoisotopic (exact) mass is 230 g/mol. The normalized spacial score (nSPS) is 12.3. The highest BCUT2D eigenvalue weighted by Crippen LogP contribution is 2.17. The number of anilines is 1. The molecule has 6 heteroatoms. The van der Waals surface area contributed by atoms with Crippen molar-refractivity contribution < 1.29 is 0 Å². The molecule has 6 nitrogen and oxygen atoms in total. The van der Waals surface area contributed by atoms with Gasteiger partial charge in [0, 0.05) is 18.6 Å². The van der Waals surface area contributed by atoms with Crippen LogP contribution in [-0.4, -0.2) is 15.0 Å². The number of hydrogen-bond donors (Lipinski definition) is 3. The van der Waals surface area contributed by atoms with Crippen LogP contribution in [0.5, 0.6) is 0 Å². The quantitative estimate of drug-likeness (QED) is 0.512. The van der Waals surface area contributed by atoms with E-state index in [0.717, 1.165) is 11.3 Å². The molecule has 0 radical (unpaired) electrons. The number of rotatable bonds is 4. The first-order valence-corrected chi connectivity index (χ1v) is 5.22. The Kier molecular flexibility index (Phi) is 3.59. The number of hydrogen-bond acceptors (Lipinski definition) is 6. The highest BCUT2D eigenvalue weighted by Gasteiger charge is 2.13. The van der Waals surface area contributed by atoms with Crippen LogP contribution in [0, 0.1) is 0 Å². The van der Waals surface area contributed by atoms with Crippen molar-refractivity contribution in [3.05, 3.63) is 48.2 Å². The maximum atomic E-state index is 5.79. The van der Waals surface area contributed by atoms with Crippen LogP contribution >= 0.6 is 0 Å². The molecular formula is C11H14N6. The average molecular weight is 230 g/mol. The fourth-order valence-electron chi connectivity index (χ4n) is 1.58. The Morgan fingerprint density at radius 2 is 2.12 bits per heavy atom. The Balaban J connectivity index is 2.19. The van der Waals surface area contributed by atoms with Crippen molar-refractivity contribution >= 4 is 5.82 Å². The van der Waals surface area contributed by atoms with E-state index in [4.69, 9.17) is 11.6 Å². The lowest BCUT2D eigenvalue weighted by molar-refractivity contribution is 0.536. The van der Waals surface area contributed by atoms with Crippen LogP contribution in [0.3, 0.4) is 0 Å². The van der Waals surface area contributed by atoms with Crippen LogP contribution in [0.25, 0.3) is 0 Å². The van der Waals surface area contributed by atoms with Gasteiger partial charge < -0.3 is 5.73 Å². The molecule has 2 rings (SSSR count). The number of nitrogens with zero attached hydrogens (tertiary/aromatic N) is 3. The summed E-state index contributed by atoms with van der Waals surface area (Å²) in [5.41, 5.74) is 10.2. The third-order valence-corrected chi connectivity index (χ3v) is 2.49. The van der Waals surface area contributed by atoms with E-state index in [2.05, 4.69) is 20.4 Å². The molecule has 0 amide bonds. The molecule has 5 N–H and O–H groups in total. The zero-order valence-corrected chi connectivity index (χ0v) is 9.24. The molecule has 0 aliphatic heterocycles. The van der Waals surface area contributed by atoms with Crippen molar-refractivity contribution in [3.63, 3.8) is 0 Å². The summed E-state index contributed by atoms with van der Waals surface area (Å²) in [5, 5.41) is 0. The van der Waals surface area contributed by atoms with E-state index in [1.54, 1.807) is 24.8 Å². The summed E-state index contributed by atoms with van der Waals surface area (Å²) in [7, 11) is 0. The largest absolute Gasteiger partial charge is 0.383 e. The second kappa shape index (κ2) is 5.33. The van der Waals surface area contributed by atoms with Gasteiger partial charge >= 0.3 is 0 Å². The molecular weight excluding hydrogens is 216 g/mol. The lowest BCUT2D eigenvalue weighted by Crippen LogP contribution is -2.30. The van der Waals surface area contributed by atoms with Crippen molar-refractivity contribution in [3.8, 4) is 0 Å². The summed E-state index contributed by atoms with van der Waals surface area (Å²) in [6.45, 7) is 0.